The molecule has 0 aromatic rings. The van der Waals surface area contributed by atoms with Crippen LogP contribution in [-0.2, 0) is 32.7 Å². The molecule has 3 N–H and O–H groups in total. The molecule has 10 heteroatoms. The molecule has 0 spiro atoms. The highest BCUT2D eigenvalue weighted by molar-refractivity contribution is 7.47. The molecule has 0 aromatic carbocycles. The summed E-state index contributed by atoms with van der Waals surface area (Å²) in [5.74, 6) is -0.817. The minimum Gasteiger partial charge on any atom is -0.462 e. The molecule has 0 fully saturated rings. The van der Waals surface area contributed by atoms with Crippen molar-refractivity contribution in [1.82, 2.24) is 0 Å². The fraction of sp³-hybridized carbons (Fsp3) is 0.766. The Morgan fingerprint density at radius 1 is 0.345 bits per heavy atom. The van der Waals surface area contributed by atoms with Gasteiger partial charge in [0.15, 0.2) is 6.10 Å². The Kier molecular flexibility index (Phi) is 69.5. The van der Waals surface area contributed by atoms with Crippen molar-refractivity contribution >= 4 is 19.8 Å². The van der Waals surface area contributed by atoms with Crippen molar-refractivity contribution in [3.05, 3.63) is 97.2 Å². The minimum atomic E-state index is -4.40. The summed E-state index contributed by atoms with van der Waals surface area (Å²) >= 11 is 0. The van der Waals surface area contributed by atoms with Crippen molar-refractivity contribution in [3.63, 3.8) is 0 Å². The minimum absolute atomic E-state index is 0.0523. The van der Waals surface area contributed by atoms with Gasteiger partial charge in [0.1, 0.15) is 6.61 Å². The van der Waals surface area contributed by atoms with Gasteiger partial charge in [-0.2, -0.15) is 0 Å². The van der Waals surface area contributed by atoms with Crippen LogP contribution in [0.25, 0.3) is 0 Å². The van der Waals surface area contributed by atoms with Gasteiger partial charge in [-0.05, 0) is 89.9 Å². The molecule has 504 valence electrons. The zero-order valence-electron chi connectivity index (χ0n) is 56.7. The third-order valence-electron chi connectivity index (χ3n) is 16.0. The van der Waals surface area contributed by atoms with E-state index in [2.05, 4.69) is 111 Å². The number of rotatable bonds is 69. The Morgan fingerprint density at radius 2 is 0.598 bits per heavy atom. The largest absolute Gasteiger partial charge is 0.472 e. The van der Waals surface area contributed by atoms with Gasteiger partial charge >= 0.3 is 19.8 Å². The third-order valence-corrected chi connectivity index (χ3v) is 16.9. The quantitative estimate of drug-likeness (QED) is 0.0264. The molecular formula is C77H138NO8P. The van der Waals surface area contributed by atoms with Gasteiger partial charge in [-0.15, -0.1) is 0 Å². The zero-order valence-corrected chi connectivity index (χ0v) is 57.6. The normalized spacial score (nSPS) is 13.5. The lowest BCUT2D eigenvalue weighted by Crippen LogP contribution is -2.29. The molecule has 9 nitrogen and oxygen atoms in total. The average Bonchev–Trinajstić information content (AvgIpc) is 3.65. The summed E-state index contributed by atoms with van der Waals surface area (Å²) in [6.07, 6.45) is 98.1. The topological polar surface area (TPSA) is 134 Å². The molecule has 0 bridgehead atoms. The smallest absolute Gasteiger partial charge is 0.462 e. The number of nitrogens with two attached hydrogens (primary N) is 1. The van der Waals surface area contributed by atoms with Crippen LogP contribution in [0.2, 0.25) is 0 Å². The predicted octanol–water partition coefficient (Wildman–Crippen LogP) is 24.3. The maximum absolute atomic E-state index is 12.8. The number of hydrogen-bond donors (Lipinski definition) is 2. The van der Waals surface area contributed by atoms with Crippen LogP contribution in [0, 0.1) is 0 Å². The van der Waals surface area contributed by atoms with Crippen LogP contribution < -0.4 is 5.73 Å². The Bertz CT molecular complexity index is 1750. The summed E-state index contributed by atoms with van der Waals surface area (Å²) in [4.78, 5) is 35.4. The fourth-order valence-electron chi connectivity index (χ4n) is 10.6. The monoisotopic (exact) mass is 1240 g/mol. The van der Waals surface area contributed by atoms with Crippen LogP contribution in [-0.4, -0.2) is 49.3 Å². The van der Waals surface area contributed by atoms with Crippen LogP contribution in [0.4, 0.5) is 0 Å². The van der Waals surface area contributed by atoms with Crippen LogP contribution in [0.3, 0.4) is 0 Å². The second kappa shape index (κ2) is 72.0. The van der Waals surface area contributed by atoms with E-state index in [1.807, 2.05) is 0 Å². The Hall–Kier alpha value is -3.07. The van der Waals surface area contributed by atoms with Gasteiger partial charge < -0.3 is 20.1 Å². The lowest BCUT2D eigenvalue weighted by Gasteiger charge is -2.19. The van der Waals surface area contributed by atoms with E-state index in [1.54, 1.807) is 0 Å². The van der Waals surface area contributed by atoms with Crippen LogP contribution in [0.5, 0.6) is 0 Å². The number of esters is 2. The maximum Gasteiger partial charge on any atom is 0.472 e. The average molecular weight is 1240 g/mol. The van der Waals surface area contributed by atoms with Gasteiger partial charge in [0.25, 0.3) is 0 Å². The lowest BCUT2D eigenvalue weighted by molar-refractivity contribution is -0.161. The van der Waals surface area contributed by atoms with E-state index in [1.165, 1.54) is 231 Å². The van der Waals surface area contributed by atoms with E-state index in [-0.39, 0.29) is 38.6 Å². The molecule has 0 saturated carbocycles. The fourth-order valence-corrected chi connectivity index (χ4v) is 11.4. The van der Waals surface area contributed by atoms with E-state index in [4.69, 9.17) is 24.3 Å². The number of unbranched alkanes of at least 4 members (excludes halogenated alkanes) is 40. The highest BCUT2D eigenvalue weighted by atomic mass is 31.2. The first-order valence-electron chi connectivity index (χ1n) is 36.7. The van der Waals surface area contributed by atoms with E-state index < -0.39 is 26.5 Å². The Morgan fingerprint density at radius 3 is 0.885 bits per heavy atom. The summed E-state index contributed by atoms with van der Waals surface area (Å²) in [7, 11) is -4.40. The van der Waals surface area contributed by atoms with Gasteiger partial charge in [0.05, 0.1) is 13.2 Å². The number of phosphoric ester groups is 1. The zero-order chi connectivity index (χ0) is 63.0. The molecule has 0 aliphatic rings. The van der Waals surface area contributed by atoms with E-state index in [0.29, 0.717) is 6.42 Å². The standard InChI is InChI=1S/C77H138NO8P/c1-3-5-7-9-11-13-15-17-19-21-23-25-27-29-30-31-32-33-34-35-36-37-38-39-40-41-42-43-44-46-48-50-52-54-56-58-60-62-64-66-68-70-77(80)86-75(74-85-87(81,82)84-72-71-78)73-83-76(79)69-67-65-63-61-59-57-55-53-51-49-47-45-28-26-24-22-20-18-16-14-12-10-8-6-4-2/h5-8,11-14,17-20,23-26,75H,3-4,9-10,15-16,21-22,27-74,78H2,1-2H3,(H,81,82)/b7-5-,8-6-,13-11-,14-12-,19-17-,20-18-,25-23-,26-24-. The van der Waals surface area contributed by atoms with Crippen molar-refractivity contribution in [1.29, 1.82) is 0 Å². The summed E-state index contributed by atoms with van der Waals surface area (Å²) < 4.78 is 33.2. The number of allylic oxidation sites excluding steroid dienone is 16. The van der Waals surface area contributed by atoms with Gasteiger partial charge in [-0.3, -0.25) is 18.6 Å². The summed E-state index contributed by atoms with van der Waals surface area (Å²) in [5, 5.41) is 0. The maximum atomic E-state index is 12.8. The molecule has 0 saturated heterocycles. The van der Waals surface area contributed by atoms with Crippen molar-refractivity contribution in [3.8, 4) is 0 Å². The molecule has 2 atom stereocenters. The van der Waals surface area contributed by atoms with Crippen LogP contribution in [0.1, 0.15) is 348 Å². The summed E-state index contributed by atoms with van der Waals surface area (Å²) in [6, 6.07) is 0. The number of carbonyl (C=O) groups is 2. The molecular weight excluding hydrogens is 1100 g/mol. The van der Waals surface area contributed by atoms with Crippen molar-refractivity contribution in [2.75, 3.05) is 26.4 Å². The molecule has 0 aliphatic carbocycles. The molecule has 0 rings (SSSR count). The number of ether oxygens (including phenoxy) is 2. The van der Waals surface area contributed by atoms with Crippen LogP contribution in [0.15, 0.2) is 97.2 Å². The van der Waals surface area contributed by atoms with Crippen molar-refractivity contribution in [2.24, 2.45) is 5.73 Å². The molecule has 0 radical (unpaired) electrons. The van der Waals surface area contributed by atoms with Crippen LogP contribution >= 0.6 is 7.82 Å². The van der Waals surface area contributed by atoms with Crippen molar-refractivity contribution in [2.45, 2.75) is 354 Å². The number of hydrogen-bond acceptors (Lipinski definition) is 8. The number of carbonyl (C=O) groups excluding carboxylic acids is 2. The Labute approximate surface area is 537 Å². The van der Waals surface area contributed by atoms with Crippen molar-refractivity contribution < 1.29 is 37.6 Å². The Balaban J connectivity index is 3.77. The second-order valence-electron chi connectivity index (χ2n) is 24.4. The predicted molar refractivity (Wildman–Crippen MR) is 376 cm³/mol. The number of phosphoric acid groups is 1. The summed E-state index contributed by atoms with van der Waals surface area (Å²) in [6.45, 7) is 3.56. The third kappa shape index (κ3) is 71.9. The first-order valence-corrected chi connectivity index (χ1v) is 38.2. The molecule has 0 heterocycles. The van der Waals surface area contributed by atoms with E-state index >= 15 is 0 Å². The van der Waals surface area contributed by atoms with Gasteiger partial charge in [0.2, 0.25) is 0 Å². The van der Waals surface area contributed by atoms with Gasteiger partial charge in [0, 0.05) is 19.4 Å². The van der Waals surface area contributed by atoms with Gasteiger partial charge in [-0.1, -0.05) is 342 Å². The molecule has 87 heavy (non-hydrogen) atoms. The SMILES string of the molecule is CC/C=C\C/C=C\C/C=C\C/C=C\CCCCCCCCCCCCCCCCCCCCCCCCCCCCCCC(=O)OC(COC(=O)CCCCCCCCCCCCCC/C=C\C/C=C\C/C=C\C/C=C\CC)COP(=O)(O)OCCN. The highest BCUT2D eigenvalue weighted by Gasteiger charge is 2.26. The first-order chi connectivity index (χ1) is 42.8. The lowest BCUT2D eigenvalue weighted by atomic mass is 10.0. The first kappa shape index (κ1) is 83.9. The summed E-state index contributed by atoms with van der Waals surface area (Å²) in [5.41, 5.74) is 5.41. The second-order valence-corrected chi connectivity index (χ2v) is 25.9. The van der Waals surface area contributed by atoms with E-state index in [9.17, 15) is 19.0 Å². The molecule has 2 unspecified atom stereocenters. The van der Waals surface area contributed by atoms with Gasteiger partial charge in [-0.25, -0.2) is 4.57 Å². The molecule has 0 amide bonds. The molecule has 0 aromatic heterocycles. The van der Waals surface area contributed by atoms with E-state index in [0.717, 1.165) is 83.5 Å². The molecule has 0 aliphatic heterocycles. The highest BCUT2D eigenvalue weighted by Crippen LogP contribution is 2.43.